The van der Waals surface area contributed by atoms with Crippen LogP contribution in [0.2, 0.25) is 0 Å². The predicted octanol–water partition coefficient (Wildman–Crippen LogP) is 0.725. The number of nitrogens with zero attached hydrogens (tertiary/aromatic N) is 1. The van der Waals surface area contributed by atoms with Gasteiger partial charge in [-0.3, -0.25) is 5.43 Å². The van der Waals surface area contributed by atoms with Crippen molar-refractivity contribution < 1.29 is 4.74 Å². The highest BCUT2D eigenvalue weighted by Gasteiger charge is 1.88. The Balaban J connectivity index is 0. The average Bonchev–Trinajstić information content (AvgIpc) is 2.04. The van der Waals surface area contributed by atoms with E-state index >= 15 is 0 Å². The van der Waals surface area contributed by atoms with Crippen molar-refractivity contribution in [1.82, 2.24) is 10.4 Å². The summed E-state index contributed by atoms with van der Waals surface area (Å²) in [5.41, 5.74) is 2.95. The summed E-state index contributed by atoms with van der Waals surface area (Å²) >= 11 is 0. The number of ether oxygens (including phenoxy) is 1. The molecular formula is C7H20N2O. The Kier molecular flexibility index (Phi) is 14.6. The molecule has 0 heterocycles. The Morgan fingerprint density at radius 1 is 1.40 bits per heavy atom. The molecule has 0 aromatic rings. The fourth-order valence-electron chi connectivity index (χ4n) is 0.340. The Labute approximate surface area is 64.3 Å². The highest BCUT2D eigenvalue weighted by atomic mass is 16.5. The molecule has 0 atom stereocenters. The van der Waals surface area contributed by atoms with Gasteiger partial charge in [0.05, 0.1) is 6.61 Å². The standard InChI is InChI=1S/C5H14N2O.C2H6/c1-6-7(2)4-5-8-3;1-2/h6H,4-5H2,1-3H3;1-2H3. The molecule has 0 spiro atoms. The lowest BCUT2D eigenvalue weighted by Gasteiger charge is -2.12. The molecule has 3 nitrogen and oxygen atoms in total. The van der Waals surface area contributed by atoms with Crippen molar-refractivity contribution in [2.45, 2.75) is 13.8 Å². The Morgan fingerprint density at radius 3 is 2.20 bits per heavy atom. The molecule has 10 heavy (non-hydrogen) atoms. The number of hydrogen-bond acceptors (Lipinski definition) is 3. The first-order valence-corrected chi connectivity index (χ1v) is 3.68. The smallest absolute Gasteiger partial charge is 0.0603 e. The molecule has 0 unspecified atom stereocenters. The summed E-state index contributed by atoms with van der Waals surface area (Å²) in [6, 6.07) is 0. The first-order valence-electron chi connectivity index (χ1n) is 3.68. The van der Waals surface area contributed by atoms with Crippen molar-refractivity contribution in [3.05, 3.63) is 0 Å². The zero-order valence-corrected chi connectivity index (χ0v) is 7.77. The maximum atomic E-state index is 4.83. The van der Waals surface area contributed by atoms with E-state index in [9.17, 15) is 0 Å². The fraction of sp³-hybridized carbons (Fsp3) is 1.00. The lowest BCUT2D eigenvalue weighted by atomic mass is 10.7. The van der Waals surface area contributed by atoms with Crippen molar-refractivity contribution in [3.63, 3.8) is 0 Å². The second-order valence-electron chi connectivity index (χ2n) is 1.64. The molecule has 0 aliphatic heterocycles. The molecule has 0 aromatic carbocycles. The van der Waals surface area contributed by atoms with Crippen molar-refractivity contribution in [2.24, 2.45) is 0 Å². The van der Waals surface area contributed by atoms with Gasteiger partial charge in [0.25, 0.3) is 0 Å². The molecule has 0 fully saturated rings. The second-order valence-corrected chi connectivity index (χ2v) is 1.64. The van der Waals surface area contributed by atoms with Crippen LogP contribution in [-0.4, -0.2) is 39.4 Å². The third kappa shape index (κ3) is 10.8. The monoisotopic (exact) mass is 148 g/mol. The predicted molar refractivity (Wildman–Crippen MR) is 44.9 cm³/mol. The van der Waals surface area contributed by atoms with Crippen LogP contribution in [-0.2, 0) is 4.74 Å². The zero-order chi connectivity index (χ0) is 8.41. The van der Waals surface area contributed by atoms with Crippen LogP contribution in [0.25, 0.3) is 0 Å². The van der Waals surface area contributed by atoms with Crippen molar-refractivity contribution >= 4 is 0 Å². The van der Waals surface area contributed by atoms with E-state index in [0.29, 0.717) is 0 Å². The van der Waals surface area contributed by atoms with Gasteiger partial charge in [-0.25, -0.2) is 5.01 Å². The summed E-state index contributed by atoms with van der Waals surface area (Å²) in [5, 5.41) is 1.96. The summed E-state index contributed by atoms with van der Waals surface area (Å²) in [6.07, 6.45) is 0. The van der Waals surface area contributed by atoms with Crippen LogP contribution in [0.5, 0.6) is 0 Å². The highest BCUT2D eigenvalue weighted by Crippen LogP contribution is 1.71. The highest BCUT2D eigenvalue weighted by molar-refractivity contribution is 4.36. The maximum Gasteiger partial charge on any atom is 0.0603 e. The number of methoxy groups -OCH3 is 1. The van der Waals surface area contributed by atoms with E-state index in [2.05, 4.69) is 5.43 Å². The molecule has 0 radical (unpaired) electrons. The maximum absolute atomic E-state index is 4.83. The normalized spacial score (nSPS) is 9.00. The molecule has 64 valence electrons. The summed E-state index contributed by atoms with van der Waals surface area (Å²) in [4.78, 5) is 0. The van der Waals surface area contributed by atoms with Gasteiger partial charge in [-0.1, -0.05) is 13.8 Å². The largest absolute Gasteiger partial charge is 0.383 e. The number of nitrogens with one attached hydrogen (secondary N) is 1. The van der Waals surface area contributed by atoms with E-state index in [1.54, 1.807) is 7.11 Å². The fourth-order valence-corrected chi connectivity index (χ4v) is 0.340. The van der Waals surface area contributed by atoms with Gasteiger partial charge in [0.1, 0.15) is 0 Å². The molecule has 0 saturated carbocycles. The zero-order valence-electron chi connectivity index (χ0n) is 7.77. The number of likely N-dealkylation sites (N-methyl/N-ethyl adjacent to an activating group) is 1. The number of rotatable bonds is 4. The number of hydrazine groups is 1. The van der Waals surface area contributed by atoms with Crippen LogP contribution < -0.4 is 5.43 Å². The van der Waals surface area contributed by atoms with Crippen molar-refractivity contribution in [2.75, 3.05) is 34.4 Å². The van der Waals surface area contributed by atoms with Crippen LogP contribution in [0.1, 0.15) is 13.8 Å². The van der Waals surface area contributed by atoms with E-state index in [1.165, 1.54) is 0 Å². The van der Waals surface area contributed by atoms with Crippen LogP contribution in [0.4, 0.5) is 0 Å². The molecule has 0 aliphatic carbocycles. The lowest BCUT2D eigenvalue weighted by molar-refractivity contribution is 0.141. The van der Waals surface area contributed by atoms with Crippen molar-refractivity contribution in [3.8, 4) is 0 Å². The molecule has 0 aromatic heterocycles. The number of hydrogen-bond donors (Lipinski definition) is 1. The van der Waals surface area contributed by atoms with Gasteiger partial charge in [0.15, 0.2) is 0 Å². The molecular weight excluding hydrogens is 128 g/mol. The molecule has 0 amide bonds. The SMILES string of the molecule is CC.CNN(C)CCOC. The Bertz CT molecular complexity index is 50.9. The van der Waals surface area contributed by atoms with E-state index < -0.39 is 0 Å². The van der Waals surface area contributed by atoms with E-state index in [-0.39, 0.29) is 0 Å². The van der Waals surface area contributed by atoms with Crippen LogP contribution in [0.15, 0.2) is 0 Å². The molecule has 1 N–H and O–H groups in total. The van der Waals surface area contributed by atoms with Crippen molar-refractivity contribution in [1.29, 1.82) is 0 Å². The molecule has 0 aliphatic rings. The van der Waals surface area contributed by atoms with Gasteiger partial charge in [0, 0.05) is 20.7 Å². The van der Waals surface area contributed by atoms with Crippen LogP contribution >= 0.6 is 0 Å². The summed E-state index contributed by atoms with van der Waals surface area (Å²) < 4.78 is 4.83. The minimum atomic E-state index is 0.775. The quantitative estimate of drug-likeness (QED) is 0.595. The second kappa shape index (κ2) is 11.6. The summed E-state index contributed by atoms with van der Waals surface area (Å²) in [6.45, 7) is 5.70. The van der Waals surface area contributed by atoms with Gasteiger partial charge in [0.2, 0.25) is 0 Å². The van der Waals surface area contributed by atoms with Gasteiger partial charge in [-0.05, 0) is 7.05 Å². The van der Waals surface area contributed by atoms with Crippen LogP contribution in [0.3, 0.4) is 0 Å². The average molecular weight is 148 g/mol. The van der Waals surface area contributed by atoms with Gasteiger partial charge in [-0.15, -0.1) is 0 Å². The third-order valence-electron chi connectivity index (χ3n) is 1.01. The minimum Gasteiger partial charge on any atom is -0.383 e. The molecule has 0 saturated heterocycles. The van der Waals surface area contributed by atoms with E-state index in [4.69, 9.17) is 4.74 Å². The molecule has 0 rings (SSSR count). The summed E-state index contributed by atoms with van der Waals surface area (Å²) in [7, 11) is 5.55. The topological polar surface area (TPSA) is 24.5 Å². The molecule has 0 bridgehead atoms. The summed E-state index contributed by atoms with van der Waals surface area (Å²) in [5.74, 6) is 0. The van der Waals surface area contributed by atoms with E-state index in [0.717, 1.165) is 13.2 Å². The first-order chi connectivity index (χ1) is 4.81. The minimum absolute atomic E-state index is 0.775. The molecule has 3 heteroatoms. The van der Waals surface area contributed by atoms with Gasteiger partial charge < -0.3 is 4.74 Å². The Hall–Kier alpha value is -0.120. The van der Waals surface area contributed by atoms with E-state index in [1.807, 2.05) is 33.0 Å². The van der Waals surface area contributed by atoms with Gasteiger partial charge in [-0.2, -0.15) is 0 Å². The first kappa shape index (κ1) is 12.5. The lowest BCUT2D eigenvalue weighted by Crippen LogP contribution is -2.33. The third-order valence-corrected chi connectivity index (χ3v) is 1.01. The Morgan fingerprint density at radius 2 is 1.90 bits per heavy atom. The van der Waals surface area contributed by atoms with Crippen LogP contribution in [0, 0.1) is 0 Å². The van der Waals surface area contributed by atoms with Gasteiger partial charge >= 0.3 is 0 Å².